The van der Waals surface area contributed by atoms with E-state index in [9.17, 15) is 4.79 Å². The van der Waals surface area contributed by atoms with Crippen molar-refractivity contribution in [1.82, 2.24) is 15.1 Å². The third-order valence-corrected chi connectivity index (χ3v) is 4.71. The Kier molecular flexibility index (Phi) is 5.84. The fraction of sp³-hybridized carbons (Fsp3) is 0.273. The summed E-state index contributed by atoms with van der Waals surface area (Å²) in [6.45, 7) is 2.70. The molecule has 2 aromatic carbocycles. The lowest BCUT2D eigenvalue weighted by molar-refractivity contribution is -0.122. The highest BCUT2D eigenvalue weighted by Gasteiger charge is 2.17. The van der Waals surface area contributed by atoms with E-state index in [4.69, 9.17) is 0 Å². The lowest BCUT2D eigenvalue weighted by Crippen LogP contribution is -2.30. The number of aryl methyl sites for hydroxylation is 1. The van der Waals surface area contributed by atoms with E-state index >= 15 is 0 Å². The zero-order chi connectivity index (χ0) is 18.4. The lowest BCUT2D eigenvalue weighted by atomic mass is 9.95. The van der Waals surface area contributed by atoms with Crippen LogP contribution < -0.4 is 5.32 Å². The Bertz CT molecular complexity index is 837. The van der Waals surface area contributed by atoms with Gasteiger partial charge in [-0.2, -0.15) is 5.10 Å². The molecule has 1 aromatic heterocycles. The van der Waals surface area contributed by atoms with Gasteiger partial charge in [0.15, 0.2) is 0 Å². The van der Waals surface area contributed by atoms with Crippen LogP contribution in [0.2, 0.25) is 0 Å². The minimum absolute atomic E-state index is 0.0802. The highest BCUT2D eigenvalue weighted by molar-refractivity contribution is 5.83. The summed E-state index contributed by atoms with van der Waals surface area (Å²) in [4.78, 5) is 12.5. The second kappa shape index (κ2) is 8.48. The van der Waals surface area contributed by atoms with Gasteiger partial charge in [0, 0.05) is 19.8 Å². The molecule has 0 bridgehead atoms. The standard InChI is InChI=1S/C22H25N3O/c1-3-20(18-7-5-4-6-8-18)22(26)23-15-13-17-9-11-19(12-10-17)21-14-16-24-25(21)2/h4-12,14,16,20H,3,13,15H2,1-2H3,(H,23,26). The number of hydrogen-bond donors (Lipinski definition) is 1. The summed E-state index contributed by atoms with van der Waals surface area (Å²) in [6.07, 6.45) is 3.42. The second-order valence-corrected chi connectivity index (χ2v) is 6.45. The first-order valence-corrected chi connectivity index (χ1v) is 9.09. The summed E-state index contributed by atoms with van der Waals surface area (Å²) in [5.41, 5.74) is 4.53. The van der Waals surface area contributed by atoms with Gasteiger partial charge in [-0.05, 0) is 35.6 Å². The molecular weight excluding hydrogens is 322 g/mol. The number of rotatable bonds is 7. The van der Waals surface area contributed by atoms with Crippen LogP contribution in [0.3, 0.4) is 0 Å². The number of amides is 1. The molecule has 0 radical (unpaired) electrons. The molecule has 4 nitrogen and oxygen atoms in total. The highest BCUT2D eigenvalue weighted by Crippen LogP contribution is 2.20. The van der Waals surface area contributed by atoms with Crippen molar-refractivity contribution in [3.63, 3.8) is 0 Å². The van der Waals surface area contributed by atoms with Crippen LogP contribution in [0.5, 0.6) is 0 Å². The number of aromatic nitrogens is 2. The average Bonchev–Trinajstić information content (AvgIpc) is 3.10. The monoisotopic (exact) mass is 347 g/mol. The third-order valence-electron chi connectivity index (χ3n) is 4.71. The van der Waals surface area contributed by atoms with Gasteiger partial charge in [-0.25, -0.2) is 0 Å². The van der Waals surface area contributed by atoms with E-state index in [0.717, 1.165) is 29.7 Å². The first-order chi connectivity index (χ1) is 12.7. The second-order valence-electron chi connectivity index (χ2n) is 6.45. The molecular formula is C22H25N3O. The first kappa shape index (κ1) is 17.9. The molecule has 0 aliphatic carbocycles. The van der Waals surface area contributed by atoms with Gasteiger partial charge in [-0.3, -0.25) is 9.48 Å². The van der Waals surface area contributed by atoms with Crippen molar-refractivity contribution in [3.8, 4) is 11.3 Å². The van der Waals surface area contributed by atoms with Crippen LogP contribution in [0, 0.1) is 0 Å². The van der Waals surface area contributed by atoms with Gasteiger partial charge in [0.25, 0.3) is 0 Å². The van der Waals surface area contributed by atoms with Crippen LogP contribution in [0.15, 0.2) is 66.9 Å². The molecule has 1 heterocycles. The Labute approximate surface area is 154 Å². The number of nitrogens with zero attached hydrogens (tertiary/aromatic N) is 2. The summed E-state index contributed by atoms with van der Waals surface area (Å²) in [7, 11) is 1.94. The van der Waals surface area contributed by atoms with E-state index < -0.39 is 0 Å². The van der Waals surface area contributed by atoms with Crippen molar-refractivity contribution < 1.29 is 4.79 Å². The van der Waals surface area contributed by atoms with E-state index in [0.29, 0.717) is 6.54 Å². The molecule has 4 heteroatoms. The summed E-state index contributed by atoms with van der Waals surface area (Å²) in [5, 5.41) is 7.28. The van der Waals surface area contributed by atoms with Gasteiger partial charge in [0.2, 0.25) is 5.91 Å². The molecule has 0 spiro atoms. The van der Waals surface area contributed by atoms with Crippen LogP contribution in [0.4, 0.5) is 0 Å². The molecule has 1 amide bonds. The van der Waals surface area contributed by atoms with Crippen LogP contribution in [0.1, 0.15) is 30.4 Å². The molecule has 3 rings (SSSR count). The van der Waals surface area contributed by atoms with Gasteiger partial charge in [-0.15, -0.1) is 0 Å². The highest BCUT2D eigenvalue weighted by atomic mass is 16.1. The van der Waals surface area contributed by atoms with E-state index in [1.807, 2.05) is 48.1 Å². The Morgan fingerprint density at radius 1 is 1.08 bits per heavy atom. The zero-order valence-electron chi connectivity index (χ0n) is 15.4. The molecule has 0 saturated carbocycles. The lowest BCUT2D eigenvalue weighted by Gasteiger charge is -2.15. The van der Waals surface area contributed by atoms with Crippen molar-refractivity contribution >= 4 is 5.91 Å². The predicted molar refractivity (Wildman–Crippen MR) is 105 cm³/mol. The Hall–Kier alpha value is -2.88. The van der Waals surface area contributed by atoms with E-state index in [1.165, 1.54) is 5.56 Å². The molecule has 0 aliphatic heterocycles. The minimum Gasteiger partial charge on any atom is -0.355 e. The summed E-state index contributed by atoms with van der Waals surface area (Å²) in [6, 6.07) is 20.4. The zero-order valence-corrected chi connectivity index (χ0v) is 15.4. The summed E-state index contributed by atoms with van der Waals surface area (Å²) < 4.78 is 1.86. The number of carbonyl (C=O) groups is 1. The Balaban J connectivity index is 1.54. The summed E-state index contributed by atoms with van der Waals surface area (Å²) >= 11 is 0. The summed E-state index contributed by atoms with van der Waals surface area (Å²) in [5.74, 6) is 0.0219. The topological polar surface area (TPSA) is 46.9 Å². The van der Waals surface area contributed by atoms with Crippen molar-refractivity contribution in [2.75, 3.05) is 6.54 Å². The fourth-order valence-corrected chi connectivity index (χ4v) is 3.21. The average molecular weight is 347 g/mol. The molecule has 0 aliphatic rings. The maximum absolute atomic E-state index is 12.5. The quantitative estimate of drug-likeness (QED) is 0.704. The normalized spacial score (nSPS) is 11.9. The van der Waals surface area contributed by atoms with Crippen LogP contribution >= 0.6 is 0 Å². The fourth-order valence-electron chi connectivity index (χ4n) is 3.21. The number of hydrogen-bond acceptors (Lipinski definition) is 2. The van der Waals surface area contributed by atoms with Crippen molar-refractivity contribution in [2.24, 2.45) is 7.05 Å². The third kappa shape index (κ3) is 4.20. The van der Waals surface area contributed by atoms with Crippen molar-refractivity contribution in [2.45, 2.75) is 25.7 Å². The van der Waals surface area contributed by atoms with E-state index in [-0.39, 0.29) is 11.8 Å². The molecule has 1 atom stereocenters. The SMILES string of the molecule is CCC(C(=O)NCCc1ccc(-c2ccnn2C)cc1)c1ccccc1. The molecule has 134 valence electrons. The van der Waals surface area contributed by atoms with Crippen molar-refractivity contribution in [1.29, 1.82) is 0 Å². The maximum atomic E-state index is 12.5. The first-order valence-electron chi connectivity index (χ1n) is 9.09. The molecule has 0 fully saturated rings. The Morgan fingerprint density at radius 2 is 1.81 bits per heavy atom. The van der Waals surface area contributed by atoms with E-state index in [2.05, 4.69) is 41.6 Å². The maximum Gasteiger partial charge on any atom is 0.227 e. The molecule has 1 N–H and O–H groups in total. The van der Waals surface area contributed by atoms with Gasteiger partial charge < -0.3 is 5.32 Å². The van der Waals surface area contributed by atoms with Crippen LogP contribution in [-0.4, -0.2) is 22.2 Å². The smallest absolute Gasteiger partial charge is 0.227 e. The molecule has 1 unspecified atom stereocenters. The van der Waals surface area contributed by atoms with Gasteiger partial charge in [0.1, 0.15) is 0 Å². The van der Waals surface area contributed by atoms with Crippen molar-refractivity contribution in [3.05, 3.63) is 78.0 Å². The van der Waals surface area contributed by atoms with Gasteiger partial charge in [-0.1, -0.05) is 61.5 Å². The molecule has 0 saturated heterocycles. The van der Waals surface area contributed by atoms with Crippen LogP contribution in [0.25, 0.3) is 11.3 Å². The number of nitrogens with one attached hydrogen (secondary N) is 1. The molecule has 26 heavy (non-hydrogen) atoms. The van der Waals surface area contributed by atoms with Crippen LogP contribution in [-0.2, 0) is 18.3 Å². The van der Waals surface area contributed by atoms with E-state index in [1.54, 1.807) is 6.20 Å². The Morgan fingerprint density at radius 3 is 2.42 bits per heavy atom. The van der Waals surface area contributed by atoms with Gasteiger partial charge >= 0.3 is 0 Å². The predicted octanol–water partition coefficient (Wildman–Crippen LogP) is 3.94. The number of carbonyl (C=O) groups excluding carboxylic acids is 1. The van der Waals surface area contributed by atoms with Gasteiger partial charge in [0.05, 0.1) is 11.6 Å². The molecule has 3 aromatic rings. The number of benzene rings is 2. The minimum atomic E-state index is -0.0802. The largest absolute Gasteiger partial charge is 0.355 e.